The van der Waals surface area contributed by atoms with E-state index in [1.54, 1.807) is 24.3 Å². The normalized spacial score (nSPS) is 14.8. The molecule has 0 unspecified atom stereocenters. The Morgan fingerprint density at radius 3 is 2.34 bits per heavy atom. The van der Waals surface area contributed by atoms with Gasteiger partial charge in [0.05, 0.1) is 20.6 Å². The van der Waals surface area contributed by atoms with Gasteiger partial charge in [0.25, 0.3) is 5.91 Å². The van der Waals surface area contributed by atoms with E-state index in [-0.39, 0.29) is 5.91 Å². The second-order valence-electron chi connectivity index (χ2n) is 6.70. The summed E-state index contributed by atoms with van der Waals surface area (Å²) in [6.07, 6.45) is 1.80. The molecule has 0 aliphatic carbocycles. The molecule has 1 amide bonds. The Kier molecular flexibility index (Phi) is 7.37. The summed E-state index contributed by atoms with van der Waals surface area (Å²) in [6.45, 7) is 0.828. The molecule has 32 heavy (non-hydrogen) atoms. The summed E-state index contributed by atoms with van der Waals surface area (Å²) in [6, 6.07) is 22.1. The third kappa shape index (κ3) is 5.45. The minimum absolute atomic E-state index is 0.207. The van der Waals surface area contributed by atoms with Crippen molar-refractivity contribution in [2.45, 2.75) is 0 Å². The third-order valence-corrected chi connectivity index (χ3v) is 6.52. The number of carbonyl (C=O) groups excluding carboxylic acids is 1. The van der Waals surface area contributed by atoms with Crippen LogP contribution >= 0.6 is 47.2 Å². The first-order valence-corrected chi connectivity index (χ1v) is 11.6. The Morgan fingerprint density at radius 1 is 0.875 bits per heavy atom. The van der Waals surface area contributed by atoms with E-state index in [4.69, 9.17) is 44.9 Å². The smallest absolute Gasteiger partial charge is 0.270 e. The lowest BCUT2D eigenvalue weighted by Crippen LogP contribution is -2.27. The van der Waals surface area contributed by atoms with Crippen LogP contribution in [-0.2, 0) is 4.79 Å². The number of para-hydroxylation sites is 1. The van der Waals surface area contributed by atoms with E-state index in [9.17, 15) is 4.79 Å². The summed E-state index contributed by atoms with van der Waals surface area (Å²) < 4.78 is 11.9. The Balaban J connectivity index is 1.41. The first-order valence-electron chi connectivity index (χ1n) is 9.65. The first-order chi connectivity index (χ1) is 15.5. The standard InChI is InChI=1S/C24H17Cl2NO3S2/c25-20-10-9-17(15-21(20)26)27-23(28)22(32-24(27)31)14-16-5-4-8-19(13-16)30-12-11-29-18-6-2-1-3-7-18/h1-10,13-15H,11-12H2/b22-14-. The number of amides is 1. The van der Waals surface area contributed by atoms with Crippen molar-refractivity contribution >= 4 is 69.2 Å². The Labute approximate surface area is 205 Å². The Bertz CT molecular complexity index is 1180. The number of ether oxygens (including phenoxy) is 2. The summed E-state index contributed by atoms with van der Waals surface area (Å²) in [7, 11) is 0. The topological polar surface area (TPSA) is 38.8 Å². The lowest BCUT2D eigenvalue weighted by atomic mass is 10.2. The average Bonchev–Trinajstić information content (AvgIpc) is 3.07. The summed E-state index contributed by atoms with van der Waals surface area (Å²) >= 11 is 18.7. The number of nitrogens with zero attached hydrogens (tertiary/aromatic N) is 1. The maximum Gasteiger partial charge on any atom is 0.270 e. The number of thioether (sulfide) groups is 1. The van der Waals surface area contributed by atoms with Gasteiger partial charge in [-0.3, -0.25) is 9.69 Å². The molecule has 1 aliphatic rings. The van der Waals surface area contributed by atoms with Gasteiger partial charge in [-0.25, -0.2) is 0 Å². The Morgan fingerprint density at radius 2 is 1.59 bits per heavy atom. The van der Waals surface area contributed by atoms with Gasteiger partial charge in [0.2, 0.25) is 0 Å². The predicted molar refractivity (Wildman–Crippen MR) is 136 cm³/mol. The lowest BCUT2D eigenvalue weighted by molar-refractivity contribution is -0.113. The minimum atomic E-state index is -0.207. The van der Waals surface area contributed by atoms with Gasteiger partial charge in [0.1, 0.15) is 24.7 Å². The van der Waals surface area contributed by atoms with Crippen LogP contribution in [0.15, 0.2) is 77.7 Å². The molecular weight excluding hydrogens is 485 g/mol. The molecule has 3 aromatic carbocycles. The van der Waals surface area contributed by atoms with E-state index in [1.165, 1.54) is 16.7 Å². The van der Waals surface area contributed by atoms with E-state index >= 15 is 0 Å². The van der Waals surface area contributed by atoms with Crippen LogP contribution in [0, 0.1) is 0 Å². The molecular formula is C24H17Cl2NO3S2. The van der Waals surface area contributed by atoms with Gasteiger partial charge in [-0.15, -0.1) is 0 Å². The highest BCUT2D eigenvalue weighted by Gasteiger charge is 2.33. The van der Waals surface area contributed by atoms with Crippen molar-refractivity contribution in [2.24, 2.45) is 0 Å². The van der Waals surface area contributed by atoms with Crippen LogP contribution in [0.3, 0.4) is 0 Å². The number of benzene rings is 3. The lowest BCUT2D eigenvalue weighted by Gasteiger charge is -2.15. The SMILES string of the molecule is O=C1/C(=C/c2cccc(OCCOc3ccccc3)c2)SC(=S)N1c1ccc(Cl)c(Cl)c1. The zero-order chi connectivity index (χ0) is 22.5. The van der Waals surface area contributed by atoms with Crippen molar-refractivity contribution in [1.29, 1.82) is 0 Å². The zero-order valence-electron chi connectivity index (χ0n) is 16.7. The van der Waals surface area contributed by atoms with Gasteiger partial charge in [-0.05, 0) is 54.1 Å². The second kappa shape index (κ2) is 10.4. The maximum atomic E-state index is 13.0. The highest BCUT2D eigenvalue weighted by molar-refractivity contribution is 8.27. The van der Waals surface area contributed by atoms with Gasteiger partial charge in [-0.2, -0.15) is 0 Å². The van der Waals surface area contributed by atoms with Gasteiger partial charge < -0.3 is 9.47 Å². The van der Waals surface area contributed by atoms with Crippen LogP contribution < -0.4 is 14.4 Å². The Hall–Kier alpha value is -2.51. The molecule has 0 bridgehead atoms. The number of rotatable bonds is 7. The fraction of sp³-hybridized carbons (Fsp3) is 0.0833. The van der Waals surface area contributed by atoms with Crippen LogP contribution in [0.1, 0.15) is 5.56 Å². The third-order valence-electron chi connectivity index (χ3n) is 4.47. The van der Waals surface area contributed by atoms with E-state index in [0.717, 1.165) is 11.3 Å². The molecule has 4 nitrogen and oxygen atoms in total. The highest BCUT2D eigenvalue weighted by atomic mass is 35.5. The molecule has 1 fully saturated rings. The quantitative estimate of drug-likeness (QED) is 0.201. The highest BCUT2D eigenvalue weighted by Crippen LogP contribution is 2.38. The predicted octanol–water partition coefficient (Wildman–Crippen LogP) is 6.86. The van der Waals surface area contributed by atoms with Crippen LogP contribution in [0.25, 0.3) is 6.08 Å². The number of hydrogen-bond donors (Lipinski definition) is 0. The van der Waals surface area contributed by atoms with Gasteiger partial charge in [0, 0.05) is 0 Å². The molecule has 0 saturated carbocycles. The van der Waals surface area contributed by atoms with Crippen LogP contribution in [-0.4, -0.2) is 23.4 Å². The van der Waals surface area contributed by atoms with Crippen molar-refractivity contribution in [3.63, 3.8) is 0 Å². The number of anilines is 1. The number of hydrogen-bond acceptors (Lipinski definition) is 5. The van der Waals surface area contributed by atoms with Crippen LogP contribution in [0.4, 0.5) is 5.69 Å². The molecule has 8 heteroatoms. The van der Waals surface area contributed by atoms with Gasteiger partial charge in [0.15, 0.2) is 4.32 Å². The van der Waals surface area contributed by atoms with Gasteiger partial charge in [-0.1, -0.05) is 77.5 Å². The molecule has 3 aromatic rings. The second-order valence-corrected chi connectivity index (χ2v) is 9.19. The zero-order valence-corrected chi connectivity index (χ0v) is 19.8. The molecule has 0 N–H and O–H groups in total. The van der Waals surface area contributed by atoms with E-state index in [2.05, 4.69) is 0 Å². The van der Waals surface area contributed by atoms with Crippen molar-refractivity contribution in [2.75, 3.05) is 18.1 Å². The molecule has 0 atom stereocenters. The average molecular weight is 502 g/mol. The molecule has 0 aromatic heterocycles. The first kappa shape index (κ1) is 22.7. The largest absolute Gasteiger partial charge is 0.490 e. The van der Waals surface area contributed by atoms with Crippen molar-refractivity contribution in [3.8, 4) is 11.5 Å². The fourth-order valence-electron chi connectivity index (χ4n) is 3.00. The summed E-state index contributed by atoms with van der Waals surface area (Å²) in [5.41, 5.74) is 1.42. The maximum absolute atomic E-state index is 13.0. The summed E-state index contributed by atoms with van der Waals surface area (Å²) in [5.74, 6) is 1.28. The van der Waals surface area contributed by atoms with Gasteiger partial charge >= 0.3 is 0 Å². The molecule has 1 heterocycles. The fourth-order valence-corrected chi connectivity index (χ4v) is 4.59. The van der Waals surface area contributed by atoms with E-state index in [0.29, 0.717) is 43.9 Å². The van der Waals surface area contributed by atoms with E-state index in [1.807, 2.05) is 54.6 Å². The molecule has 1 aliphatic heterocycles. The van der Waals surface area contributed by atoms with E-state index < -0.39 is 0 Å². The number of carbonyl (C=O) groups is 1. The molecule has 0 radical (unpaired) electrons. The number of halogens is 2. The number of thiocarbonyl (C=S) groups is 1. The van der Waals surface area contributed by atoms with Crippen LogP contribution in [0.5, 0.6) is 11.5 Å². The monoisotopic (exact) mass is 501 g/mol. The van der Waals surface area contributed by atoms with Crippen molar-refractivity contribution in [3.05, 3.63) is 93.3 Å². The molecule has 4 rings (SSSR count). The van der Waals surface area contributed by atoms with Crippen LogP contribution in [0.2, 0.25) is 10.0 Å². The van der Waals surface area contributed by atoms with Crippen molar-refractivity contribution < 1.29 is 14.3 Å². The minimum Gasteiger partial charge on any atom is -0.490 e. The summed E-state index contributed by atoms with van der Waals surface area (Å²) in [5, 5.41) is 0.783. The summed E-state index contributed by atoms with van der Waals surface area (Å²) in [4.78, 5) is 14.9. The molecule has 162 valence electrons. The van der Waals surface area contributed by atoms with Crippen molar-refractivity contribution in [1.82, 2.24) is 0 Å². The molecule has 1 saturated heterocycles. The molecule has 0 spiro atoms.